The number of imidazole rings is 1. The van der Waals surface area contributed by atoms with Gasteiger partial charge in [-0.15, -0.1) is 0 Å². The number of hydrogen-bond acceptors (Lipinski definition) is 3. The van der Waals surface area contributed by atoms with Gasteiger partial charge in [0, 0.05) is 13.1 Å². The molecule has 0 bridgehead atoms. The van der Waals surface area contributed by atoms with Crippen molar-refractivity contribution in [3.63, 3.8) is 0 Å². The summed E-state index contributed by atoms with van der Waals surface area (Å²) in [4.78, 5) is 30.3. The number of H-pyrrole nitrogens is 1. The SMILES string of the molecule is CCn1c(=O)[nH]c(=O)c2c1ncn2CCc1ccccc1. The minimum atomic E-state index is -0.414. The number of aromatic amines is 1. The number of rotatable bonds is 4. The molecule has 1 aromatic carbocycles. The summed E-state index contributed by atoms with van der Waals surface area (Å²) in [5.74, 6) is 0. The van der Waals surface area contributed by atoms with Crippen molar-refractivity contribution in [3.8, 4) is 0 Å². The summed E-state index contributed by atoms with van der Waals surface area (Å²) in [7, 11) is 0. The van der Waals surface area contributed by atoms with Crippen LogP contribution in [0, 0.1) is 0 Å². The van der Waals surface area contributed by atoms with Crippen LogP contribution in [-0.4, -0.2) is 19.1 Å². The summed E-state index contributed by atoms with van der Waals surface area (Å²) < 4.78 is 3.27. The molecular formula is C15H16N4O2. The molecule has 0 radical (unpaired) electrons. The lowest BCUT2D eigenvalue weighted by molar-refractivity contribution is 0.702. The van der Waals surface area contributed by atoms with E-state index < -0.39 is 5.69 Å². The molecular weight excluding hydrogens is 268 g/mol. The zero-order valence-electron chi connectivity index (χ0n) is 11.7. The van der Waals surface area contributed by atoms with E-state index in [0.29, 0.717) is 24.3 Å². The summed E-state index contributed by atoms with van der Waals surface area (Å²) in [6, 6.07) is 10.0. The van der Waals surface area contributed by atoms with Crippen LogP contribution in [0.25, 0.3) is 11.2 Å². The van der Waals surface area contributed by atoms with Crippen molar-refractivity contribution in [2.24, 2.45) is 0 Å². The quantitative estimate of drug-likeness (QED) is 0.781. The highest BCUT2D eigenvalue weighted by Crippen LogP contribution is 2.08. The summed E-state index contributed by atoms with van der Waals surface area (Å²) in [6.07, 6.45) is 2.42. The van der Waals surface area contributed by atoms with Crippen LogP contribution in [0.5, 0.6) is 0 Å². The maximum absolute atomic E-state index is 12.0. The van der Waals surface area contributed by atoms with Crippen LogP contribution in [0.2, 0.25) is 0 Å². The van der Waals surface area contributed by atoms with Gasteiger partial charge in [0.15, 0.2) is 11.2 Å². The molecule has 0 saturated heterocycles. The second-order valence-electron chi connectivity index (χ2n) is 4.85. The van der Waals surface area contributed by atoms with Gasteiger partial charge in [-0.25, -0.2) is 9.78 Å². The third-order valence-corrected chi connectivity index (χ3v) is 3.56. The van der Waals surface area contributed by atoms with Crippen molar-refractivity contribution >= 4 is 11.2 Å². The Morgan fingerprint density at radius 1 is 1.19 bits per heavy atom. The fraction of sp³-hybridized carbons (Fsp3) is 0.267. The molecule has 2 heterocycles. The molecule has 21 heavy (non-hydrogen) atoms. The van der Waals surface area contributed by atoms with Gasteiger partial charge in [-0.1, -0.05) is 30.3 Å². The standard InChI is InChI=1S/C15H16N4O2/c1-2-19-13-12(14(20)17-15(19)21)18(10-16-13)9-8-11-6-4-3-5-7-11/h3-7,10H,2,8-9H2,1H3,(H,17,20,21). The van der Waals surface area contributed by atoms with Gasteiger partial charge in [-0.05, 0) is 18.9 Å². The Kier molecular flexibility index (Phi) is 3.43. The summed E-state index contributed by atoms with van der Waals surface area (Å²) >= 11 is 0. The molecule has 0 unspecified atom stereocenters. The number of aromatic nitrogens is 4. The van der Waals surface area contributed by atoms with Gasteiger partial charge >= 0.3 is 5.69 Å². The molecule has 0 aliphatic heterocycles. The van der Waals surface area contributed by atoms with Crippen LogP contribution in [0.3, 0.4) is 0 Å². The van der Waals surface area contributed by atoms with Gasteiger partial charge < -0.3 is 4.57 Å². The smallest absolute Gasteiger partial charge is 0.324 e. The number of benzene rings is 1. The van der Waals surface area contributed by atoms with Crippen molar-refractivity contribution in [3.05, 3.63) is 63.1 Å². The highest BCUT2D eigenvalue weighted by Gasteiger charge is 2.12. The summed E-state index contributed by atoms with van der Waals surface area (Å²) in [6.45, 7) is 2.97. The van der Waals surface area contributed by atoms with E-state index in [1.165, 1.54) is 10.1 Å². The maximum atomic E-state index is 12.0. The van der Waals surface area contributed by atoms with E-state index in [4.69, 9.17) is 0 Å². The van der Waals surface area contributed by atoms with Crippen LogP contribution in [0.1, 0.15) is 12.5 Å². The molecule has 1 N–H and O–H groups in total. The Labute approximate surface area is 120 Å². The molecule has 3 rings (SSSR count). The number of aryl methyl sites for hydroxylation is 3. The van der Waals surface area contributed by atoms with E-state index in [9.17, 15) is 9.59 Å². The molecule has 108 valence electrons. The first kappa shape index (κ1) is 13.4. The third kappa shape index (κ3) is 2.40. The molecule has 2 aromatic heterocycles. The minimum Gasteiger partial charge on any atom is -0.324 e. The Bertz CT molecular complexity index is 874. The molecule has 0 atom stereocenters. The zero-order chi connectivity index (χ0) is 14.8. The van der Waals surface area contributed by atoms with Gasteiger partial charge in [-0.2, -0.15) is 0 Å². The molecule has 0 aliphatic rings. The molecule has 0 amide bonds. The van der Waals surface area contributed by atoms with Crippen LogP contribution < -0.4 is 11.2 Å². The monoisotopic (exact) mass is 284 g/mol. The van der Waals surface area contributed by atoms with Gasteiger partial charge in [0.2, 0.25) is 0 Å². The first-order valence-corrected chi connectivity index (χ1v) is 6.92. The van der Waals surface area contributed by atoms with Crippen molar-refractivity contribution < 1.29 is 0 Å². The fourth-order valence-electron chi connectivity index (χ4n) is 2.48. The Morgan fingerprint density at radius 3 is 2.67 bits per heavy atom. The molecule has 0 spiro atoms. The van der Waals surface area contributed by atoms with E-state index in [-0.39, 0.29) is 5.56 Å². The molecule has 6 heteroatoms. The number of nitrogens with zero attached hydrogens (tertiary/aromatic N) is 3. The van der Waals surface area contributed by atoms with Gasteiger partial charge in [0.25, 0.3) is 5.56 Å². The maximum Gasteiger partial charge on any atom is 0.330 e. The normalized spacial score (nSPS) is 11.1. The average Bonchev–Trinajstić information content (AvgIpc) is 2.91. The van der Waals surface area contributed by atoms with E-state index in [1.807, 2.05) is 37.3 Å². The van der Waals surface area contributed by atoms with Gasteiger partial charge in [0.1, 0.15) is 0 Å². The van der Waals surface area contributed by atoms with E-state index >= 15 is 0 Å². The zero-order valence-corrected chi connectivity index (χ0v) is 11.7. The lowest BCUT2D eigenvalue weighted by Crippen LogP contribution is -2.30. The lowest BCUT2D eigenvalue weighted by atomic mass is 10.1. The number of nitrogens with one attached hydrogen (secondary N) is 1. The Morgan fingerprint density at radius 2 is 1.95 bits per heavy atom. The van der Waals surface area contributed by atoms with Gasteiger partial charge in [0.05, 0.1) is 6.33 Å². The Balaban J connectivity index is 2.01. The molecule has 6 nitrogen and oxygen atoms in total. The predicted molar refractivity (Wildman–Crippen MR) is 80.4 cm³/mol. The van der Waals surface area contributed by atoms with E-state index in [2.05, 4.69) is 9.97 Å². The number of hydrogen-bond donors (Lipinski definition) is 1. The lowest BCUT2D eigenvalue weighted by Gasteiger charge is -2.05. The first-order chi connectivity index (χ1) is 10.2. The van der Waals surface area contributed by atoms with Crippen LogP contribution >= 0.6 is 0 Å². The predicted octanol–water partition coefficient (Wildman–Crippen LogP) is 1.15. The highest BCUT2D eigenvalue weighted by molar-refractivity contribution is 5.69. The number of fused-ring (bicyclic) bond motifs is 1. The second kappa shape index (κ2) is 5.40. The van der Waals surface area contributed by atoms with Crippen molar-refractivity contribution in [2.75, 3.05) is 0 Å². The summed E-state index contributed by atoms with van der Waals surface area (Å²) in [5.41, 5.74) is 1.29. The van der Waals surface area contributed by atoms with E-state index in [1.54, 1.807) is 10.9 Å². The molecule has 0 saturated carbocycles. The molecule has 0 aliphatic carbocycles. The molecule has 0 fully saturated rings. The topological polar surface area (TPSA) is 72.7 Å². The van der Waals surface area contributed by atoms with Crippen molar-refractivity contribution in [1.82, 2.24) is 19.1 Å². The third-order valence-electron chi connectivity index (χ3n) is 3.56. The van der Waals surface area contributed by atoms with Crippen molar-refractivity contribution in [1.29, 1.82) is 0 Å². The van der Waals surface area contributed by atoms with Gasteiger partial charge in [-0.3, -0.25) is 14.3 Å². The largest absolute Gasteiger partial charge is 0.330 e. The first-order valence-electron chi connectivity index (χ1n) is 6.92. The molecule has 3 aromatic rings. The average molecular weight is 284 g/mol. The summed E-state index contributed by atoms with van der Waals surface area (Å²) in [5, 5.41) is 0. The highest BCUT2D eigenvalue weighted by atomic mass is 16.2. The van der Waals surface area contributed by atoms with Crippen LogP contribution in [-0.2, 0) is 19.5 Å². The van der Waals surface area contributed by atoms with Crippen LogP contribution in [0.4, 0.5) is 0 Å². The van der Waals surface area contributed by atoms with Crippen molar-refractivity contribution in [2.45, 2.75) is 26.4 Å². The second-order valence-corrected chi connectivity index (χ2v) is 4.85. The van der Waals surface area contributed by atoms with Crippen LogP contribution in [0.15, 0.2) is 46.2 Å². The Hall–Kier alpha value is -2.63. The van der Waals surface area contributed by atoms with E-state index in [0.717, 1.165) is 6.42 Å². The minimum absolute atomic E-state index is 0.384. The fourth-order valence-corrected chi connectivity index (χ4v) is 2.48.